The molecule has 0 aliphatic rings. The second kappa shape index (κ2) is 12.7. The van der Waals surface area contributed by atoms with Crippen LogP contribution in [0.15, 0.2) is 30.3 Å². The number of hydrogen-bond acceptors (Lipinski definition) is 6. The second-order valence-corrected chi connectivity index (χ2v) is 7.37. The fraction of sp³-hybridized carbons (Fsp3) is 0.500. The number of ether oxygens (including phenoxy) is 2. The summed E-state index contributed by atoms with van der Waals surface area (Å²) in [5.74, 6) is -1.19. The molecule has 30 heavy (non-hydrogen) atoms. The van der Waals surface area contributed by atoms with Crippen LogP contribution in [0.25, 0.3) is 10.9 Å². The fourth-order valence-corrected chi connectivity index (χ4v) is 3.25. The minimum atomic E-state index is -0.915. The van der Waals surface area contributed by atoms with Crippen LogP contribution in [0.3, 0.4) is 0 Å². The SMILES string of the molecule is CCOC(=O)C(=O)CC(=O)CCCCCCCCOc1cc(C)c2ccccc2n1. The number of ketones is 2. The van der Waals surface area contributed by atoms with E-state index in [9.17, 15) is 14.4 Å². The highest BCUT2D eigenvalue weighted by Gasteiger charge is 2.18. The van der Waals surface area contributed by atoms with Crippen LogP contribution in [0, 0.1) is 6.92 Å². The zero-order valence-electron chi connectivity index (χ0n) is 17.9. The summed E-state index contributed by atoms with van der Waals surface area (Å²) in [4.78, 5) is 38.9. The Morgan fingerprint density at radius 3 is 2.43 bits per heavy atom. The molecule has 1 aromatic carbocycles. The van der Waals surface area contributed by atoms with Crippen molar-refractivity contribution in [3.63, 3.8) is 0 Å². The molecular formula is C24H31NO5. The molecule has 0 bridgehead atoms. The molecule has 0 amide bonds. The van der Waals surface area contributed by atoms with Crippen LogP contribution in [0.4, 0.5) is 0 Å². The lowest BCUT2D eigenvalue weighted by Gasteiger charge is -2.08. The van der Waals surface area contributed by atoms with E-state index in [1.54, 1.807) is 6.92 Å². The highest BCUT2D eigenvalue weighted by Crippen LogP contribution is 2.21. The van der Waals surface area contributed by atoms with Crippen LogP contribution < -0.4 is 4.74 Å². The summed E-state index contributed by atoms with van der Waals surface area (Å²) in [6.45, 7) is 4.47. The summed E-state index contributed by atoms with van der Waals surface area (Å²) in [5.41, 5.74) is 2.11. The van der Waals surface area contributed by atoms with Gasteiger partial charge in [-0.15, -0.1) is 0 Å². The van der Waals surface area contributed by atoms with E-state index in [1.807, 2.05) is 24.3 Å². The second-order valence-electron chi connectivity index (χ2n) is 7.37. The highest BCUT2D eigenvalue weighted by atomic mass is 16.5. The number of carbonyl (C=O) groups is 3. The minimum absolute atomic E-state index is 0.141. The first-order chi connectivity index (χ1) is 14.5. The normalized spacial score (nSPS) is 10.7. The van der Waals surface area contributed by atoms with Gasteiger partial charge in [0.2, 0.25) is 11.7 Å². The number of benzene rings is 1. The molecule has 6 nitrogen and oxygen atoms in total. The van der Waals surface area contributed by atoms with Gasteiger partial charge in [-0.2, -0.15) is 0 Å². The molecule has 162 valence electrons. The predicted octanol–water partition coefficient (Wildman–Crippen LogP) is 4.74. The van der Waals surface area contributed by atoms with Crippen molar-refractivity contribution in [1.82, 2.24) is 4.98 Å². The molecule has 1 aromatic heterocycles. The highest BCUT2D eigenvalue weighted by molar-refractivity contribution is 6.37. The minimum Gasteiger partial charge on any atom is -0.478 e. The van der Waals surface area contributed by atoms with Crippen molar-refractivity contribution in [1.29, 1.82) is 0 Å². The van der Waals surface area contributed by atoms with E-state index in [-0.39, 0.29) is 18.8 Å². The van der Waals surface area contributed by atoms with Gasteiger partial charge in [-0.05, 0) is 38.3 Å². The molecule has 6 heteroatoms. The van der Waals surface area contributed by atoms with Crippen LogP contribution in [0.2, 0.25) is 0 Å². The smallest absolute Gasteiger partial charge is 0.375 e. The van der Waals surface area contributed by atoms with Crippen molar-refractivity contribution < 1.29 is 23.9 Å². The number of unbranched alkanes of at least 4 members (excludes halogenated alkanes) is 5. The van der Waals surface area contributed by atoms with E-state index in [0.29, 0.717) is 18.9 Å². The molecule has 2 rings (SSSR count). The van der Waals surface area contributed by atoms with Gasteiger partial charge in [-0.1, -0.05) is 43.9 Å². The first-order valence-electron chi connectivity index (χ1n) is 10.7. The molecule has 0 saturated heterocycles. The number of hydrogen-bond donors (Lipinski definition) is 0. The lowest BCUT2D eigenvalue weighted by molar-refractivity contribution is -0.154. The van der Waals surface area contributed by atoms with Gasteiger partial charge < -0.3 is 9.47 Å². The first kappa shape index (κ1) is 23.5. The molecule has 0 aliphatic carbocycles. The number of fused-ring (bicyclic) bond motifs is 1. The molecule has 0 aliphatic heterocycles. The quantitative estimate of drug-likeness (QED) is 0.192. The maximum absolute atomic E-state index is 11.7. The van der Waals surface area contributed by atoms with Crippen molar-refractivity contribution in [3.05, 3.63) is 35.9 Å². The third kappa shape index (κ3) is 7.93. The maximum Gasteiger partial charge on any atom is 0.375 e. The molecule has 0 spiro atoms. The first-order valence-corrected chi connectivity index (χ1v) is 10.7. The standard InChI is InChI=1S/C24H31NO5/c1-3-29-24(28)22(27)17-19(26)12-8-6-4-5-7-11-15-30-23-16-18(2)20-13-9-10-14-21(20)25-23/h9-10,13-14,16H,3-8,11-12,15,17H2,1-2H3. The zero-order chi connectivity index (χ0) is 21.8. The van der Waals surface area contributed by atoms with Gasteiger partial charge in [-0.3, -0.25) is 9.59 Å². The van der Waals surface area contributed by atoms with Crippen LogP contribution in [-0.2, 0) is 19.1 Å². The number of esters is 1. The summed E-state index contributed by atoms with van der Waals surface area (Å²) >= 11 is 0. The van der Waals surface area contributed by atoms with Crippen molar-refractivity contribution in [2.45, 2.75) is 65.2 Å². The van der Waals surface area contributed by atoms with Crippen molar-refractivity contribution in [2.75, 3.05) is 13.2 Å². The van der Waals surface area contributed by atoms with Crippen LogP contribution in [0.1, 0.15) is 63.9 Å². The Morgan fingerprint density at radius 1 is 0.967 bits per heavy atom. The Hall–Kier alpha value is -2.76. The van der Waals surface area contributed by atoms with E-state index in [0.717, 1.165) is 55.0 Å². The predicted molar refractivity (Wildman–Crippen MR) is 116 cm³/mol. The number of pyridine rings is 1. The van der Waals surface area contributed by atoms with Gasteiger partial charge >= 0.3 is 5.97 Å². The Labute approximate surface area is 178 Å². The summed E-state index contributed by atoms with van der Waals surface area (Å²) in [6, 6.07) is 10.0. The van der Waals surface area contributed by atoms with Crippen LogP contribution in [-0.4, -0.2) is 35.7 Å². The molecule has 0 radical (unpaired) electrons. The Bertz CT molecular complexity index is 862. The summed E-state index contributed by atoms with van der Waals surface area (Å²) in [5, 5.41) is 1.15. The van der Waals surface area contributed by atoms with Crippen LogP contribution in [0.5, 0.6) is 5.88 Å². The summed E-state index contributed by atoms with van der Waals surface area (Å²) < 4.78 is 10.4. The number of Topliss-reactive ketones (excluding diaryl/α,β-unsaturated/α-hetero) is 2. The number of aromatic nitrogens is 1. The molecule has 0 saturated carbocycles. The van der Waals surface area contributed by atoms with Gasteiger partial charge in [0.1, 0.15) is 5.78 Å². The van der Waals surface area contributed by atoms with E-state index in [1.165, 1.54) is 0 Å². The van der Waals surface area contributed by atoms with Crippen molar-refractivity contribution >= 4 is 28.4 Å². The third-order valence-electron chi connectivity index (χ3n) is 4.86. The third-order valence-corrected chi connectivity index (χ3v) is 4.86. The number of rotatable bonds is 14. The van der Waals surface area contributed by atoms with Crippen LogP contribution >= 0.6 is 0 Å². The topological polar surface area (TPSA) is 82.6 Å². The fourth-order valence-electron chi connectivity index (χ4n) is 3.25. The molecule has 0 atom stereocenters. The largest absolute Gasteiger partial charge is 0.478 e. The Balaban J connectivity index is 1.52. The maximum atomic E-state index is 11.7. The lowest BCUT2D eigenvalue weighted by Crippen LogP contribution is -2.20. The summed E-state index contributed by atoms with van der Waals surface area (Å²) in [7, 11) is 0. The van der Waals surface area contributed by atoms with E-state index < -0.39 is 11.8 Å². The van der Waals surface area contributed by atoms with Gasteiger partial charge in [0.15, 0.2) is 0 Å². The molecular weight excluding hydrogens is 382 g/mol. The monoisotopic (exact) mass is 413 g/mol. The molecule has 0 unspecified atom stereocenters. The van der Waals surface area contributed by atoms with Gasteiger partial charge in [-0.25, -0.2) is 9.78 Å². The molecule has 2 aromatic rings. The van der Waals surface area contributed by atoms with Crippen molar-refractivity contribution in [3.8, 4) is 5.88 Å². The number of aryl methyl sites for hydroxylation is 1. The van der Waals surface area contributed by atoms with Gasteiger partial charge in [0.05, 0.1) is 25.2 Å². The van der Waals surface area contributed by atoms with Crippen molar-refractivity contribution in [2.24, 2.45) is 0 Å². The van der Waals surface area contributed by atoms with E-state index in [4.69, 9.17) is 4.74 Å². The summed E-state index contributed by atoms with van der Waals surface area (Å²) in [6.07, 6.45) is 5.79. The Morgan fingerprint density at radius 2 is 1.67 bits per heavy atom. The molecule has 0 fully saturated rings. The van der Waals surface area contributed by atoms with Gasteiger partial charge in [0, 0.05) is 17.9 Å². The molecule has 0 N–H and O–H groups in total. The van der Waals surface area contributed by atoms with E-state index >= 15 is 0 Å². The number of carbonyl (C=O) groups excluding carboxylic acids is 3. The van der Waals surface area contributed by atoms with E-state index in [2.05, 4.69) is 22.7 Å². The number of nitrogens with zero attached hydrogens (tertiary/aromatic N) is 1. The average Bonchev–Trinajstić information content (AvgIpc) is 2.72. The van der Waals surface area contributed by atoms with Gasteiger partial charge in [0.25, 0.3) is 0 Å². The Kier molecular flexibility index (Phi) is 9.98. The average molecular weight is 414 g/mol. The molecule has 1 heterocycles. The number of para-hydroxylation sites is 1. The lowest BCUT2D eigenvalue weighted by atomic mass is 10.1. The zero-order valence-corrected chi connectivity index (χ0v) is 17.9.